The van der Waals surface area contributed by atoms with Gasteiger partial charge >= 0.3 is 12.0 Å². The Hall–Kier alpha value is -3.29. The Labute approximate surface area is 260 Å². The first-order valence-electron chi connectivity index (χ1n) is 14.0. The van der Waals surface area contributed by atoms with Gasteiger partial charge in [-0.1, -0.05) is 88.9 Å². The highest BCUT2D eigenvalue weighted by atomic mass is 35.5. The number of aliphatic carboxylic acids is 1. The van der Waals surface area contributed by atoms with Crippen LogP contribution < -0.4 is 10.2 Å². The highest BCUT2D eigenvalue weighted by Crippen LogP contribution is 2.47. The third-order valence-electron chi connectivity index (χ3n) is 8.34. The number of benzene rings is 3. The van der Waals surface area contributed by atoms with Crippen LogP contribution in [0.3, 0.4) is 0 Å². The van der Waals surface area contributed by atoms with Crippen molar-refractivity contribution >= 4 is 58.2 Å². The smallest absolute Gasteiger partial charge is 0.326 e. The van der Waals surface area contributed by atoms with Crippen molar-refractivity contribution in [2.45, 2.75) is 31.7 Å². The van der Waals surface area contributed by atoms with E-state index in [0.29, 0.717) is 46.1 Å². The molecule has 3 aromatic carbocycles. The van der Waals surface area contributed by atoms with Crippen LogP contribution in [-0.2, 0) is 11.3 Å². The number of carboxylic acids is 1. The Morgan fingerprint density at radius 1 is 0.976 bits per heavy atom. The molecule has 0 aromatic heterocycles. The van der Waals surface area contributed by atoms with E-state index in [9.17, 15) is 14.7 Å². The van der Waals surface area contributed by atoms with E-state index in [-0.39, 0.29) is 24.3 Å². The maximum atomic E-state index is 13.5. The molecule has 2 heterocycles. The lowest BCUT2D eigenvalue weighted by atomic mass is 9.83. The second-order valence-electron chi connectivity index (χ2n) is 11.1. The lowest BCUT2D eigenvalue weighted by molar-refractivity contribution is -0.138. The monoisotopic (exact) mass is 621 g/mol. The highest BCUT2D eigenvalue weighted by molar-refractivity contribution is 6.40. The summed E-state index contributed by atoms with van der Waals surface area (Å²) in [5.74, 6) is -0.991. The minimum Gasteiger partial charge on any atom is -0.481 e. The number of carboxylic acid groups (broad SMARTS) is 1. The first-order valence-corrected chi connectivity index (χ1v) is 15.2. The number of halogens is 3. The van der Waals surface area contributed by atoms with E-state index in [1.54, 1.807) is 18.2 Å². The van der Waals surface area contributed by atoms with Crippen LogP contribution in [0, 0.1) is 5.92 Å². The fourth-order valence-electron chi connectivity index (χ4n) is 6.44. The number of urea groups is 1. The molecule has 0 saturated carbocycles. The standard InChI is InChI=1S/C33H30Cl3N3O3/c34-27-10-5-4-9-23(27)24-13-21(26-19-38(18-22(26)15-31(40)41)17-20-7-2-1-3-8-20)14-30-25(24)16-37-33(42)39(30)32-28(35)11-6-12-29(32)36/h1-2,4-7,9-14,22,26H,3,8,15-19H2,(H,37,42)(H,40,41). The molecule has 1 saturated heterocycles. The summed E-state index contributed by atoms with van der Waals surface area (Å²) in [4.78, 5) is 29.4. The van der Waals surface area contributed by atoms with Gasteiger partial charge in [0.25, 0.3) is 0 Å². The minimum atomic E-state index is -0.820. The van der Waals surface area contributed by atoms with Crippen LogP contribution in [0.4, 0.5) is 16.2 Å². The largest absolute Gasteiger partial charge is 0.481 e. The molecule has 2 N–H and O–H groups in total. The maximum Gasteiger partial charge on any atom is 0.326 e. The molecule has 0 bridgehead atoms. The number of anilines is 2. The molecule has 1 aliphatic carbocycles. The molecule has 0 spiro atoms. The van der Waals surface area contributed by atoms with E-state index in [4.69, 9.17) is 34.8 Å². The summed E-state index contributed by atoms with van der Waals surface area (Å²) in [7, 11) is 0. The maximum absolute atomic E-state index is 13.5. The van der Waals surface area contributed by atoms with Crippen LogP contribution in [-0.4, -0.2) is 41.6 Å². The molecular weight excluding hydrogens is 593 g/mol. The molecule has 2 unspecified atom stereocenters. The van der Waals surface area contributed by atoms with Crippen molar-refractivity contribution in [1.82, 2.24) is 10.2 Å². The first kappa shape index (κ1) is 28.8. The predicted octanol–water partition coefficient (Wildman–Crippen LogP) is 8.44. The fraction of sp³-hybridized carbons (Fsp3) is 0.273. The molecule has 2 amide bonds. The number of carbonyl (C=O) groups is 2. The fourth-order valence-corrected chi connectivity index (χ4v) is 7.25. The molecule has 2 aliphatic heterocycles. The number of likely N-dealkylation sites (tertiary alicyclic amines) is 1. The van der Waals surface area contributed by atoms with Crippen molar-refractivity contribution in [1.29, 1.82) is 0 Å². The van der Waals surface area contributed by atoms with E-state index < -0.39 is 5.97 Å². The molecular formula is C33H30Cl3N3O3. The summed E-state index contributed by atoms with van der Waals surface area (Å²) in [6.45, 7) is 2.49. The third kappa shape index (κ3) is 5.69. The number of carbonyl (C=O) groups excluding carboxylic acids is 1. The number of amides is 2. The van der Waals surface area contributed by atoms with Gasteiger partial charge < -0.3 is 10.4 Å². The lowest BCUT2D eigenvalue weighted by Crippen LogP contribution is -2.42. The second-order valence-corrected chi connectivity index (χ2v) is 12.3. The zero-order valence-electron chi connectivity index (χ0n) is 22.8. The van der Waals surface area contributed by atoms with Crippen molar-refractivity contribution in [2.75, 3.05) is 24.5 Å². The van der Waals surface area contributed by atoms with Gasteiger partial charge in [0.2, 0.25) is 0 Å². The Kier molecular flexibility index (Phi) is 8.33. The number of nitrogens with zero attached hydrogens (tertiary/aromatic N) is 2. The molecule has 2 atom stereocenters. The number of allylic oxidation sites excluding steroid dienone is 3. The van der Waals surface area contributed by atoms with Gasteiger partial charge in [0.1, 0.15) is 0 Å². The Bertz CT molecular complexity index is 1600. The van der Waals surface area contributed by atoms with Crippen LogP contribution in [0.15, 0.2) is 78.4 Å². The topological polar surface area (TPSA) is 72.9 Å². The number of rotatable bonds is 7. The van der Waals surface area contributed by atoms with Crippen molar-refractivity contribution in [3.63, 3.8) is 0 Å². The number of hydrogen-bond acceptors (Lipinski definition) is 3. The van der Waals surface area contributed by atoms with Crippen LogP contribution >= 0.6 is 34.8 Å². The van der Waals surface area contributed by atoms with Gasteiger partial charge in [-0.25, -0.2) is 4.79 Å². The average Bonchev–Trinajstić information content (AvgIpc) is 3.35. The van der Waals surface area contributed by atoms with Gasteiger partial charge in [0.05, 0.1) is 21.4 Å². The number of hydrogen-bond donors (Lipinski definition) is 2. The summed E-state index contributed by atoms with van der Waals surface area (Å²) >= 11 is 20.0. The number of para-hydroxylation sites is 1. The zero-order chi connectivity index (χ0) is 29.4. The van der Waals surface area contributed by atoms with E-state index in [2.05, 4.69) is 34.5 Å². The third-order valence-corrected chi connectivity index (χ3v) is 9.28. The van der Waals surface area contributed by atoms with E-state index in [1.165, 1.54) is 10.5 Å². The molecule has 1 fully saturated rings. The van der Waals surface area contributed by atoms with Gasteiger partial charge in [0, 0.05) is 54.7 Å². The Balaban J connectivity index is 1.50. The van der Waals surface area contributed by atoms with Crippen molar-refractivity contribution in [3.05, 3.63) is 105 Å². The summed E-state index contributed by atoms with van der Waals surface area (Å²) in [5.41, 5.74) is 5.97. The van der Waals surface area contributed by atoms with Crippen molar-refractivity contribution in [3.8, 4) is 11.1 Å². The van der Waals surface area contributed by atoms with Gasteiger partial charge in [-0.05, 0) is 54.2 Å². The first-order chi connectivity index (χ1) is 20.3. The Morgan fingerprint density at radius 2 is 1.74 bits per heavy atom. The van der Waals surface area contributed by atoms with Gasteiger partial charge in [-0.15, -0.1) is 0 Å². The van der Waals surface area contributed by atoms with E-state index in [1.807, 2.05) is 30.3 Å². The number of fused-ring (bicyclic) bond motifs is 1. The van der Waals surface area contributed by atoms with Gasteiger partial charge in [0.15, 0.2) is 0 Å². The molecule has 9 heteroatoms. The minimum absolute atomic E-state index is 0.0547. The van der Waals surface area contributed by atoms with Gasteiger partial charge in [-0.2, -0.15) is 0 Å². The summed E-state index contributed by atoms with van der Waals surface area (Å²) in [6.07, 6.45) is 8.52. The predicted molar refractivity (Wildman–Crippen MR) is 169 cm³/mol. The highest BCUT2D eigenvalue weighted by Gasteiger charge is 2.38. The Morgan fingerprint density at radius 3 is 2.45 bits per heavy atom. The van der Waals surface area contributed by atoms with E-state index >= 15 is 0 Å². The quantitative estimate of drug-likeness (QED) is 0.277. The summed E-state index contributed by atoms with van der Waals surface area (Å²) < 4.78 is 0. The molecule has 0 radical (unpaired) electrons. The van der Waals surface area contributed by atoms with Crippen LogP contribution in [0.5, 0.6) is 0 Å². The SMILES string of the molecule is O=C(O)CC1CN(CC2=CC=CCC2)CC1c1cc(-c2ccccc2Cl)c2c(c1)N(c1c(Cl)cccc1Cl)C(=O)NC2. The average molecular weight is 623 g/mol. The number of nitrogens with one attached hydrogen (secondary N) is 1. The van der Waals surface area contributed by atoms with Crippen molar-refractivity contribution in [2.24, 2.45) is 5.92 Å². The van der Waals surface area contributed by atoms with Gasteiger partial charge in [-0.3, -0.25) is 14.6 Å². The van der Waals surface area contributed by atoms with Crippen molar-refractivity contribution < 1.29 is 14.7 Å². The molecule has 6 nitrogen and oxygen atoms in total. The summed E-state index contributed by atoms with van der Waals surface area (Å²) in [6, 6.07) is 16.6. The van der Waals surface area contributed by atoms with Crippen LogP contribution in [0.2, 0.25) is 15.1 Å². The molecule has 6 rings (SSSR count). The van der Waals surface area contributed by atoms with Crippen LogP contribution in [0.25, 0.3) is 11.1 Å². The molecule has 3 aromatic rings. The van der Waals surface area contributed by atoms with E-state index in [0.717, 1.165) is 41.6 Å². The normalized spacial score (nSPS) is 20.3. The zero-order valence-corrected chi connectivity index (χ0v) is 25.1. The summed E-state index contributed by atoms with van der Waals surface area (Å²) in [5, 5.41) is 14.1. The second kappa shape index (κ2) is 12.1. The molecule has 216 valence electrons. The molecule has 3 aliphatic rings. The van der Waals surface area contributed by atoms with Crippen LogP contribution in [0.1, 0.15) is 36.3 Å². The lowest BCUT2D eigenvalue weighted by Gasteiger charge is -2.34. The molecule has 42 heavy (non-hydrogen) atoms.